The molecule has 0 aromatic carbocycles. The van der Waals surface area contributed by atoms with E-state index in [1.807, 2.05) is 7.85 Å². The molecule has 13 heavy (non-hydrogen) atoms. The van der Waals surface area contributed by atoms with Gasteiger partial charge in [0.2, 0.25) is 0 Å². The fraction of sp³-hybridized carbons (Fsp3) is 1.00. The number of ether oxygens (including phenoxy) is 2. The summed E-state index contributed by atoms with van der Waals surface area (Å²) >= 11 is 0. The van der Waals surface area contributed by atoms with Gasteiger partial charge in [0, 0.05) is 13.0 Å². The van der Waals surface area contributed by atoms with E-state index in [-0.39, 0.29) is 19.1 Å². The molecule has 0 aromatic rings. The molecule has 1 saturated heterocycles. The molecule has 4 nitrogen and oxygen atoms in total. The van der Waals surface area contributed by atoms with Crippen LogP contribution in [0.4, 0.5) is 0 Å². The number of aliphatic hydroxyl groups is 2. The maximum absolute atomic E-state index is 9.91. The van der Waals surface area contributed by atoms with E-state index < -0.39 is 11.7 Å². The Balaban J connectivity index is 2.72. The van der Waals surface area contributed by atoms with Crippen LogP contribution in [0.15, 0.2) is 0 Å². The second kappa shape index (κ2) is 4.42. The van der Waals surface area contributed by atoms with Gasteiger partial charge >= 0.3 is 0 Å². The minimum absolute atomic E-state index is 0.0563. The van der Waals surface area contributed by atoms with Crippen molar-refractivity contribution in [3.63, 3.8) is 0 Å². The van der Waals surface area contributed by atoms with Crippen LogP contribution in [0.2, 0.25) is 6.32 Å². The van der Waals surface area contributed by atoms with Crippen LogP contribution in [0, 0.1) is 5.92 Å². The highest BCUT2D eigenvalue weighted by Crippen LogP contribution is 2.28. The van der Waals surface area contributed by atoms with Gasteiger partial charge in [-0.25, -0.2) is 0 Å². The molecule has 0 aliphatic carbocycles. The van der Waals surface area contributed by atoms with E-state index in [0.29, 0.717) is 6.61 Å². The lowest BCUT2D eigenvalue weighted by Gasteiger charge is -2.42. The molecule has 0 saturated carbocycles. The van der Waals surface area contributed by atoms with Gasteiger partial charge < -0.3 is 19.7 Å². The van der Waals surface area contributed by atoms with Crippen molar-refractivity contribution in [3.05, 3.63) is 0 Å². The topological polar surface area (TPSA) is 58.9 Å². The summed E-state index contributed by atoms with van der Waals surface area (Å²) in [6.45, 7) is 0.599. The van der Waals surface area contributed by atoms with Crippen molar-refractivity contribution in [2.24, 2.45) is 5.92 Å². The van der Waals surface area contributed by atoms with Gasteiger partial charge in [-0.1, -0.05) is 6.32 Å². The highest BCUT2D eigenvalue weighted by atomic mass is 16.6. The fourth-order valence-corrected chi connectivity index (χ4v) is 1.71. The molecule has 1 heterocycles. The van der Waals surface area contributed by atoms with Crippen LogP contribution in [0.1, 0.15) is 0 Å². The molecule has 2 N–H and O–H groups in total. The molecule has 1 aliphatic rings. The van der Waals surface area contributed by atoms with Crippen molar-refractivity contribution in [1.29, 1.82) is 0 Å². The van der Waals surface area contributed by atoms with E-state index in [4.69, 9.17) is 14.6 Å². The van der Waals surface area contributed by atoms with E-state index in [1.54, 1.807) is 0 Å². The monoisotopic (exact) mass is 188 g/mol. The number of hydrogen-bond acceptors (Lipinski definition) is 4. The SMILES string of the molecule is BC[C@H]1COC[C@](CO)(OC)C1O. The first-order valence-corrected chi connectivity index (χ1v) is 4.62. The Labute approximate surface area is 79.3 Å². The first-order valence-electron chi connectivity index (χ1n) is 4.62. The molecule has 3 atom stereocenters. The van der Waals surface area contributed by atoms with E-state index in [1.165, 1.54) is 7.11 Å². The second-order valence-corrected chi connectivity index (χ2v) is 3.56. The molecule has 0 bridgehead atoms. The summed E-state index contributed by atoms with van der Waals surface area (Å²) in [5.41, 5.74) is -0.918. The fourth-order valence-electron chi connectivity index (χ4n) is 1.71. The van der Waals surface area contributed by atoms with Crippen LogP contribution in [0.25, 0.3) is 0 Å². The third kappa shape index (κ3) is 1.88. The quantitative estimate of drug-likeness (QED) is 0.525. The van der Waals surface area contributed by atoms with Crippen molar-refractivity contribution in [2.75, 3.05) is 26.9 Å². The van der Waals surface area contributed by atoms with Gasteiger partial charge in [-0.3, -0.25) is 0 Å². The molecular weight excluding hydrogens is 171 g/mol. The molecule has 1 fully saturated rings. The van der Waals surface area contributed by atoms with Crippen LogP contribution < -0.4 is 0 Å². The van der Waals surface area contributed by atoms with E-state index in [0.717, 1.165) is 6.32 Å². The van der Waals surface area contributed by atoms with Crippen LogP contribution in [-0.2, 0) is 9.47 Å². The lowest BCUT2D eigenvalue weighted by atomic mass is 9.79. The summed E-state index contributed by atoms with van der Waals surface area (Å²) in [7, 11) is 3.47. The van der Waals surface area contributed by atoms with Crippen molar-refractivity contribution in [2.45, 2.75) is 18.0 Å². The predicted octanol–water partition coefficient (Wildman–Crippen LogP) is -1.58. The highest BCUT2D eigenvalue weighted by molar-refractivity contribution is 6.08. The summed E-state index contributed by atoms with van der Waals surface area (Å²) in [5, 5.41) is 19.1. The van der Waals surface area contributed by atoms with Gasteiger partial charge in [-0.2, -0.15) is 0 Å². The summed E-state index contributed by atoms with van der Waals surface area (Å²) < 4.78 is 10.4. The second-order valence-electron chi connectivity index (χ2n) is 3.56. The summed E-state index contributed by atoms with van der Waals surface area (Å²) in [6, 6.07) is 0. The molecule has 0 spiro atoms. The molecule has 0 radical (unpaired) electrons. The first kappa shape index (κ1) is 11.0. The number of aliphatic hydroxyl groups excluding tert-OH is 2. The van der Waals surface area contributed by atoms with Gasteiger partial charge in [0.25, 0.3) is 0 Å². The molecule has 1 aliphatic heterocycles. The van der Waals surface area contributed by atoms with Crippen LogP contribution in [-0.4, -0.2) is 56.7 Å². The molecule has 76 valence electrons. The zero-order valence-corrected chi connectivity index (χ0v) is 8.19. The van der Waals surface area contributed by atoms with Crippen molar-refractivity contribution < 1.29 is 19.7 Å². The van der Waals surface area contributed by atoms with Crippen molar-refractivity contribution >= 4 is 7.85 Å². The van der Waals surface area contributed by atoms with E-state index >= 15 is 0 Å². The maximum atomic E-state index is 9.91. The van der Waals surface area contributed by atoms with Gasteiger partial charge in [0.05, 0.1) is 25.9 Å². The predicted molar refractivity (Wildman–Crippen MR) is 50.5 cm³/mol. The zero-order chi connectivity index (χ0) is 9.90. The third-order valence-electron chi connectivity index (χ3n) is 2.86. The average Bonchev–Trinajstić information content (AvgIpc) is 2.19. The van der Waals surface area contributed by atoms with Crippen molar-refractivity contribution in [3.8, 4) is 0 Å². The van der Waals surface area contributed by atoms with Crippen LogP contribution in [0.3, 0.4) is 0 Å². The normalized spacial score (nSPS) is 40.5. The Hall–Kier alpha value is -0.0951. The minimum Gasteiger partial charge on any atom is -0.393 e. The Morgan fingerprint density at radius 2 is 2.38 bits per heavy atom. The summed E-state index contributed by atoms with van der Waals surface area (Å²) in [5.74, 6) is 0.0563. The number of methoxy groups -OCH3 is 1. The first-order chi connectivity index (χ1) is 6.20. The van der Waals surface area contributed by atoms with Gasteiger partial charge in [0.15, 0.2) is 0 Å². The van der Waals surface area contributed by atoms with Gasteiger partial charge in [0.1, 0.15) is 13.4 Å². The minimum atomic E-state index is -0.918. The summed E-state index contributed by atoms with van der Waals surface area (Å²) in [4.78, 5) is 0. The molecule has 5 heteroatoms. The van der Waals surface area contributed by atoms with Crippen LogP contribution >= 0.6 is 0 Å². The largest absolute Gasteiger partial charge is 0.393 e. The zero-order valence-electron chi connectivity index (χ0n) is 8.19. The molecule has 0 aromatic heterocycles. The molecule has 1 unspecified atom stereocenters. The Morgan fingerprint density at radius 3 is 2.85 bits per heavy atom. The highest BCUT2D eigenvalue weighted by Gasteiger charge is 2.45. The van der Waals surface area contributed by atoms with E-state index in [2.05, 4.69) is 0 Å². The smallest absolute Gasteiger partial charge is 0.140 e. The van der Waals surface area contributed by atoms with Gasteiger partial charge in [-0.05, 0) is 0 Å². The molecule has 0 amide bonds. The molecular formula is C8H17BO4. The molecule has 1 rings (SSSR count). The third-order valence-corrected chi connectivity index (χ3v) is 2.86. The Morgan fingerprint density at radius 1 is 1.69 bits per heavy atom. The van der Waals surface area contributed by atoms with Crippen LogP contribution in [0.5, 0.6) is 0 Å². The average molecular weight is 188 g/mol. The Kier molecular flexibility index (Phi) is 3.73. The maximum Gasteiger partial charge on any atom is 0.140 e. The lowest BCUT2D eigenvalue weighted by Crippen LogP contribution is -2.58. The lowest BCUT2D eigenvalue weighted by molar-refractivity contribution is -0.211. The number of hydrogen-bond donors (Lipinski definition) is 2. The standard InChI is InChI=1S/C8H17BO4/c1-12-8(4-10)5-13-3-6(2-9)7(8)11/h6-7,10-11H,2-5,9H2,1H3/t6-,7?,8-/m0/s1. The van der Waals surface area contributed by atoms with E-state index in [9.17, 15) is 5.11 Å². The van der Waals surface area contributed by atoms with Crippen molar-refractivity contribution in [1.82, 2.24) is 0 Å². The van der Waals surface area contributed by atoms with Gasteiger partial charge in [-0.15, -0.1) is 0 Å². The Bertz CT molecular complexity index is 160. The number of rotatable bonds is 3. The summed E-state index contributed by atoms with van der Waals surface area (Å²) in [6.07, 6.45) is 0.188.